The van der Waals surface area contributed by atoms with E-state index >= 15 is 0 Å². The first-order valence-corrected chi connectivity index (χ1v) is 21.5. The van der Waals surface area contributed by atoms with E-state index in [9.17, 15) is 0 Å². The maximum atomic E-state index is 6.23. The summed E-state index contributed by atoms with van der Waals surface area (Å²) in [6.45, 7) is 0. The predicted octanol–water partition coefficient (Wildman–Crippen LogP) is 15.8. The summed E-state index contributed by atoms with van der Waals surface area (Å²) in [7, 11) is 0. The van der Waals surface area contributed by atoms with Crippen LogP contribution in [0.1, 0.15) is 33.7 Å². The van der Waals surface area contributed by atoms with Crippen molar-refractivity contribution in [3.05, 3.63) is 264 Å². The van der Waals surface area contributed by atoms with Gasteiger partial charge in [0.25, 0.3) is 0 Å². The van der Waals surface area contributed by atoms with E-state index in [1.54, 1.807) is 0 Å². The van der Waals surface area contributed by atoms with Gasteiger partial charge in [-0.3, -0.25) is 0 Å². The van der Waals surface area contributed by atoms with E-state index in [-0.39, 0.29) is 12.0 Å². The number of hydrogen-bond donors (Lipinski definition) is 0. The minimum atomic E-state index is -0.0752. The van der Waals surface area contributed by atoms with Gasteiger partial charge in [0, 0.05) is 28.1 Å². The second-order valence-electron chi connectivity index (χ2n) is 16.3. The van der Waals surface area contributed by atoms with Crippen LogP contribution in [-0.4, -0.2) is 6.04 Å². The highest BCUT2D eigenvalue weighted by Crippen LogP contribution is 2.63. The number of hydrogen-bond acceptors (Lipinski definition) is 2. The van der Waals surface area contributed by atoms with Crippen LogP contribution in [0.2, 0.25) is 0 Å². The number of furan rings is 1. The molecule has 10 aromatic rings. The minimum Gasteiger partial charge on any atom is -0.456 e. The number of nitrogens with zero attached hydrogens (tertiary/aromatic N) is 1. The standard InChI is InChI=1S/C60H41NO/c1-6-20-40(21-7-1)54-55(41-22-8-2-9-23-41)57(43-26-12-4-13-27-43)60-59(56(54)42-24-10-3-11-25-42)58-48(33-19-34-51(58)61(60)47-30-14-5-15-31-47)46-29-18-28-44(38-46)45-36-37-53-50(39-45)49-32-16-17-35-52(49)62-53/h1-39,59-60H. The van der Waals surface area contributed by atoms with Crippen LogP contribution in [0.15, 0.2) is 241 Å². The molecule has 9 aromatic carbocycles. The lowest BCUT2D eigenvalue weighted by atomic mass is 9.66. The monoisotopic (exact) mass is 791 g/mol. The molecular formula is C60H41NO. The molecule has 0 bridgehead atoms. The van der Waals surface area contributed by atoms with Crippen LogP contribution < -0.4 is 4.90 Å². The molecule has 0 saturated carbocycles. The smallest absolute Gasteiger partial charge is 0.135 e. The molecule has 12 rings (SSSR count). The summed E-state index contributed by atoms with van der Waals surface area (Å²) in [6.07, 6.45) is 0. The van der Waals surface area contributed by atoms with Crippen molar-refractivity contribution >= 4 is 55.6 Å². The molecular weight excluding hydrogens is 751 g/mol. The fourth-order valence-corrected chi connectivity index (χ4v) is 10.3. The van der Waals surface area contributed by atoms with Crippen LogP contribution in [0.3, 0.4) is 0 Å². The first kappa shape index (κ1) is 36.0. The third-order valence-electron chi connectivity index (χ3n) is 12.9. The molecule has 2 aliphatic rings. The van der Waals surface area contributed by atoms with Gasteiger partial charge in [0.2, 0.25) is 0 Å². The number of fused-ring (bicyclic) bond motifs is 6. The van der Waals surface area contributed by atoms with Crippen LogP contribution >= 0.6 is 0 Å². The fourth-order valence-electron chi connectivity index (χ4n) is 10.3. The van der Waals surface area contributed by atoms with Gasteiger partial charge in [0.05, 0.1) is 6.04 Å². The van der Waals surface area contributed by atoms with Crippen molar-refractivity contribution < 1.29 is 4.42 Å². The second kappa shape index (κ2) is 15.0. The maximum Gasteiger partial charge on any atom is 0.135 e. The molecule has 2 nitrogen and oxygen atoms in total. The fraction of sp³-hybridized carbons (Fsp3) is 0.0333. The van der Waals surface area contributed by atoms with Gasteiger partial charge >= 0.3 is 0 Å². The molecule has 0 fully saturated rings. The predicted molar refractivity (Wildman–Crippen MR) is 259 cm³/mol. The van der Waals surface area contributed by atoms with Crippen LogP contribution in [0.25, 0.3) is 66.5 Å². The molecule has 0 saturated heterocycles. The molecule has 2 heteroatoms. The van der Waals surface area contributed by atoms with Gasteiger partial charge in [0.15, 0.2) is 0 Å². The molecule has 1 aliphatic heterocycles. The van der Waals surface area contributed by atoms with Gasteiger partial charge in [-0.15, -0.1) is 0 Å². The summed E-state index contributed by atoms with van der Waals surface area (Å²) >= 11 is 0. The van der Waals surface area contributed by atoms with Crippen molar-refractivity contribution in [2.45, 2.75) is 12.0 Å². The summed E-state index contributed by atoms with van der Waals surface area (Å²) < 4.78 is 6.23. The van der Waals surface area contributed by atoms with E-state index < -0.39 is 0 Å². The molecule has 0 amide bonds. The minimum absolute atomic E-state index is 0.0426. The first-order chi connectivity index (χ1) is 30.8. The lowest BCUT2D eigenvalue weighted by Gasteiger charge is -2.41. The summed E-state index contributed by atoms with van der Waals surface area (Å²) in [5.74, 6) is -0.0426. The zero-order chi connectivity index (χ0) is 41.0. The zero-order valence-corrected chi connectivity index (χ0v) is 34.0. The Bertz CT molecular complexity index is 3330. The highest BCUT2D eigenvalue weighted by atomic mass is 16.3. The van der Waals surface area contributed by atoms with Crippen molar-refractivity contribution in [1.82, 2.24) is 0 Å². The van der Waals surface area contributed by atoms with E-state index in [4.69, 9.17) is 4.42 Å². The molecule has 0 spiro atoms. The summed E-state index contributed by atoms with van der Waals surface area (Å²) in [5, 5.41) is 2.27. The zero-order valence-electron chi connectivity index (χ0n) is 34.0. The normalized spacial score (nSPS) is 15.9. The maximum absolute atomic E-state index is 6.23. The van der Waals surface area contributed by atoms with E-state index in [2.05, 4.69) is 229 Å². The van der Waals surface area contributed by atoms with Crippen molar-refractivity contribution in [2.24, 2.45) is 0 Å². The quantitative estimate of drug-likeness (QED) is 0.160. The number of allylic oxidation sites excluding steroid dienone is 2. The molecule has 62 heavy (non-hydrogen) atoms. The number of benzene rings is 9. The Kier molecular flexibility index (Phi) is 8.67. The van der Waals surface area contributed by atoms with Crippen molar-refractivity contribution in [3.63, 3.8) is 0 Å². The lowest BCUT2D eigenvalue weighted by molar-refractivity contribution is 0.669. The summed E-state index contributed by atoms with van der Waals surface area (Å²) in [5.41, 5.74) is 20.4. The van der Waals surface area contributed by atoms with Crippen LogP contribution in [0, 0.1) is 0 Å². The van der Waals surface area contributed by atoms with Crippen molar-refractivity contribution in [3.8, 4) is 22.3 Å². The second-order valence-corrected chi connectivity index (χ2v) is 16.3. The molecule has 2 heterocycles. The Balaban J connectivity index is 1.17. The summed E-state index contributed by atoms with van der Waals surface area (Å²) in [6, 6.07) is 86.4. The largest absolute Gasteiger partial charge is 0.456 e. The van der Waals surface area contributed by atoms with Crippen LogP contribution in [0.5, 0.6) is 0 Å². The van der Waals surface area contributed by atoms with E-state index in [1.807, 2.05) is 12.1 Å². The molecule has 2 unspecified atom stereocenters. The van der Waals surface area contributed by atoms with E-state index in [0.717, 1.165) is 27.5 Å². The van der Waals surface area contributed by atoms with Gasteiger partial charge in [-0.1, -0.05) is 194 Å². The number of para-hydroxylation sites is 2. The number of anilines is 2. The number of rotatable bonds is 7. The Morgan fingerprint density at radius 2 is 0.839 bits per heavy atom. The highest BCUT2D eigenvalue weighted by molar-refractivity contribution is 6.27. The molecule has 2 atom stereocenters. The van der Waals surface area contributed by atoms with Gasteiger partial charge in [-0.2, -0.15) is 0 Å². The van der Waals surface area contributed by atoms with E-state index in [0.29, 0.717) is 0 Å². The van der Waals surface area contributed by atoms with Crippen LogP contribution in [-0.2, 0) is 0 Å². The lowest BCUT2D eigenvalue weighted by Crippen LogP contribution is -2.35. The highest BCUT2D eigenvalue weighted by Gasteiger charge is 2.50. The van der Waals surface area contributed by atoms with Crippen LogP contribution in [0.4, 0.5) is 11.4 Å². The first-order valence-electron chi connectivity index (χ1n) is 21.5. The molecule has 0 radical (unpaired) electrons. The topological polar surface area (TPSA) is 16.4 Å². The molecule has 1 aromatic heterocycles. The average Bonchev–Trinajstić information content (AvgIpc) is 3.90. The SMILES string of the molecule is c1ccc(C2=C(c3ccccc3)C3c4c(-c5cccc(-c6ccc7oc8ccccc8c7c6)c5)cccc4N(c4ccccc4)C3C(c3ccccc3)=C2c2ccccc2)cc1. The average molecular weight is 792 g/mol. The third kappa shape index (κ3) is 5.87. The molecule has 0 N–H and O–H groups in total. The van der Waals surface area contributed by atoms with Gasteiger partial charge < -0.3 is 9.32 Å². The Labute approximate surface area is 362 Å². The van der Waals surface area contributed by atoms with Crippen molar-refractivity contribution in [2.75, 3.05) is 4.90 Å². The van der Waals surface area contributed by atoms with Gasteiger partial charge in [0.1, 0.15) is 11.2 Å². The molecule has 1 aliphatic carbocycles. The summed E-state index contributed by atoms with van der Waals surface area (Å²) in [4.78, 5) is 2.64. The van der Waals surface area contributed by atoms with Gasteiger partial charge in [-0.05, 0) is 115 Å². The molecule has 292 valence electrons. The Morgan fingerprint density at radius 3 is 1.52 bits per heavy atom. The van der Waals surface area contributed by atoms with E-state index in [1.165, 1.54) is 78.2 Å². The Morgan fingerprint density at radius 1 is 0.339 bits per heavy atom. The third-order valence-corrected chi connectivity index (χ3v) is 12.9. The van der Waals surface area contributed by atoms with Gasteiger partial charge in [-0.25, -0.2) is 0 Å². The Hall–Kier alpha value is -7.94. The van der Waals surface area contributed by atoms with Crippen molar-refractivity contribution in [1.29, 1.82) is 0 Å².